The second-order valence-electron chi connectivity index (χ2n) is 8.13. The van der Waals surface area contributed by atoms with Gasteiger partial charge in [0.2, 0.25) is 0 Å². The highest BCUT2D eigenvalue weighted by Gasteiger charge is 2.31. The number of carbonyl (C=O) groups is 2. The van der Waals surface area contributed by atoms with Crippen molar-refractivity contribution in [3.8, 4) is 11.5 Å². The molecular weight excluding hydrogens is 538 g/mol. The van der Waals surface area contributed by atoms with Gasteiger partial charge in [0.05, 0.1) is 23.7 Å². The molecule has 2 heterocycles. The van der Waals surface area contributed by atoms with Crippen LogP contribution in [-0.2, 0) is 16.6 Å². The maximum atomic E-state index is 13.6. The Hall–Kier alpha value is -3.28. The maximum Gasteiger partial charge on any atom is 0.267 e. The smallest absolute Gasteiger partial charge is 0.267 e. The molecule has 0 atom stereocenters. The van der Waals surface area contributed by atoms with Crippen LogP contribution in [0.1, 0.15) is 39.4 Å². The minimum Gasteiger partial charge on any atom is -0.493 e. The summed E-state index contributed by atoms with van der Waals surface area (Å²) in [5.74, 6) is 0.0953. The van der Waals surface area contributed by atoms with Gasteiger partial charge in [-0.25, -0.2) is 8.42 Å². The number of halogens is 1. The van der Waals surface area contributed by atoms with Gasteiger partial charge in [-0.15, -0.1) is 11.3 Å². The summed E-state index contributed by atoms with van der Waals surface area (Å²) in [6.07, 6.45) is 0. The number of rotatable bonds is 9. The highest BCUT2D eigenvalue weighted by Crippen LogP contribution is 2.37. The van der Waals surface area contributed by atoms with Crippen molar-refractivity contribution in [3.05, 3.63) is 62.8 Å². The Labute approximate surface area is 224 Å². The molecule has 37 heavy (non-hydrogen) atoms. The molecule has 0 aliphatic carbocycles. The molecule has 0 bridgehead atoms. The van der Waals surface area contributed by atoms with E-state index in [4.69, 9.17) is 21.1 Å². The first-order chi connectivity index (χ1) is 17.6. The number of nitrogens with zero attached hydrogens (tertiary/aromatic N) is 2. The van der Waals surface area contributed by atoms with Crippen LogP contribution in [0.5, 0.6) is 11.5 Å². The minimum absolute atomic E-state index is 0.0724. The number of hydrogen-bond donors (Lipinski definition) is 1. The molecule has 0 fully saturated rings. The molecule has 1 aliphatic heterocycles. The van der Waals surface area contributed by atoms with Crippen LogP contribution in [0.4, 0.5) is 11.4 Å². The number of fused-ring (bicyclic) bond motifs is 1. The molecule has 3 aromatic rings. The summed E-state index contributed by atoms with van der Waals surface area (Å²) in [4.78, 5) is 27.1. The van der Waals surface area contributed by atoms with Crippen molar-refractivity contribution in [2.75, 3.05) is 36.9 Å². The van der Waals surface area contributed by atoms with E-state index in [9.17, 15) is 18.0 Å². The van der Waals surface area contributed by atoms with Gasteiger partial charge >= 0.3 is 0 Å². The van der Waals surface area contributed by atoms with Gasteiger partial charge in [0, 0.05) is 37.5 Å². The summed E-state index contributed by atoms with van der Waals surface area (Å²) < 4.78 is 39.2. The fourth-order valence-electron chi connectivity index (χ4n) is 3.99. The predicted molar refractivity (Wildman–Crippen MR) is 144 cm³/mol. The third-order valence-electron chi connectivity index (χ3n) is 5.95. The monoisotopic (exact) mass is 563 g/mol. The quantitative estimate of drug-likeness (QED) is 0.398. The van der Waals surface area contributed by atoms with Gasteiger partial charge < -0.3 is 19.7 Å². The van der Waals surface area contributed by atoms with Gasteiger partial charge in [-0.3, -0.25) is 13.9 Å². The summed E-state index contributed by atoms with van der Waals surface area (Å²) in [7, 11) is -1.34. The van der Waals surface area contributed by atoms with Crippen LogP contribution in [-0.4, -0.2) is 52.4 Å². The van der Waals surface area contributed by atoms with E-state index in [-0.39, 0.29) is 20.0 Å². The molecule has 12 heteroatoms. The summed E-state index contributed by atoms with van der Waals surface area (Å²) in [5.41, 5.74) is 2.08. The number of nitrogens with one attached hydrogen (secondary N) is 1. The third kappa shape index (κ3) is 5.11. The molecule has 4 rings (SSSR count). The molecule has 2 aromatic carbocycles. The number of sulfonamides is 1. The number of methoxy groups -OCH3 is 1. The lowest BCUT2D eigenvalue weighted by molar-refractivity contribution is 0.0786. The van der Waals surface area contributed by atoms with Crippen LogP contribution in [0.2, 0.25) is 4.34 Å². The van der Waals surface area contributed by atoms with Crippen molar-refractivity contribution in [2.24, 2.45) is 0 Å². The van der Waals surface area contributed by atoms with Gasteiger partial charge in [0.1, 0.15) is 9.77 Å². The fourth-order valence-corrected chi connectivity index (χ4v) is 6.87. The number of anilines is 2. The molecule has 2 amide bonds. The topological polar surface area (TPSA) is 105 Å². The molecule has 9 nitrogen and oxygen atoms in total. The minimum atomic E-state index is -4.18. The molecule has 1 N–H and O–H groups in total. The van der Waals surface area contributed by atoms with Crippen molar-refractivity contribution in [2.45, 2.75) is 25.3 Å². The highest BCUT2D eigenvalue weighted by atomic mass is 35.5. The number of hydrogen-bond acceptors (Lipinski definition) is 7. The fraction of sp³-hybridized carbons (Fsp3) is 0.280. The molecule has 1 aliphatic rings. The van der Waals surface area contributed by atoms with E-state index in [0.29, 0.717) is 48.1 Å². The second kappa shape index (κ2) is 10.6. The molecule has 0 unspecified atom stereocenters. The average molecular weight is 564 g/mol. The summed E-state index contributed by atoms with van der Waals surface area (Å²) in [6.45, 7) is 5.25. The Bertz CT molecular complexity index is 1470. The van der Waals surface area contributed by atoms with Crippen LogP contribution < -0.4 is 19.1 Å². The molecule has 196 valence electrons. The van der Waals surface area contributed by atoms with Crippen LogP contribution in [0.15, 0.2) is 47.4 Å². The van der Waals surface area contributed by atoms with Crippen molar-refractivity contribution in [1.29, 1.82) is 0 Å². The normalized spacial score (nSPS) is 12.9. The molecule has 0 spiro atoms. The van der Waals surface area contributed by atoms with E-state index in [2.05, 4.69) is 5.32 Å². The zero-order chi connectivity index (χ0) is 26.9. The summed E-state index contributed by atoms with van der Waals surface area (Å²) >= 11 is 7.02. The van der Waals surface area contributed by atoms with E-state index in [1.54, 1.807) is 35.2 Å². The van der Waals surface area contributed by atoms with Gasteiger partial charge in [0.15, 0.2) is 11.5 Å². The lowest BCUT2D eigenvalue weighted by Gasteiger charge is -2.21. The van der Waals surface area contributed by atoms with Crippen molar-refractivity contribution in [3.63, 3.8) is 0 Å². The first-order valence-electron chi connectivity index (χ1n) is 11.4. The molecule has 0 saturated carbocycles. The Balaban J connectivity index is 1.62. The van der Waals surface area contributed by atoms with Gasteiger partial charge in [-0.05, 0) is 49.7 Å². The lowest BCUT2D eigenvalue weighted by Crippen LogP contribution is -2.28. The first kappa shape index (κ1) is 26.8. The molecule has 0 radical (unpaired) electrons. The zero-order valence-electron chi connectivity index (χ0n) is 20.7. The van der Waals surface area contributed by atoms with E-state index in [1.807, 2.05) is 13.8 Å². The standard InChI is InChI=1S/C25H26ClN3O6S2/c1-5-29-14-15-7-8-16(11-18(15)25(29)31)27-24(30)23-21(13-22(26)36-23)37(32,33)28(3)17-9-10-19(35-6-2)20(12-17)34-4/h7-13H,5-6,14H2,1-4H3,(H,27,30). The van der Waals surface area contributed by atoms with Gasteiger partial charge in [-0.1, -0.05) is 17.7 Å². The summed E-state index contributed by atoms with van der Waals surface area (Å²) in [5, 5.41) is 2.71. The number of ether oxygens (including phenoxy) is 2. The van der Waals surface area contributed by atoms with E-state index in [1.165, 1.54) is 26.3 Å². The van der Waals surface area contributed by atoms with Crippen LogP contribution in [0.3, 0.4) is 0 Å². The average Bonchev–Trinajstić information content (AvgIpc) is 3.44. The van der Waals surface area contributed by atoms with Crippen LogP contribution >= 0.6 is 22.9 Å². The number of amides is 2. The van der Waals surface area contributed by atoms with E-state index in [0.717, 1.165) is 21.2 Å². The van der Waals surface area contributed by atoms with Crippen molar-refractivity contribution < 1.29 is 27.5 Å². The van der Waals surface area contributed by atoms with Crippen LogP contribution in [0, 0.1) is 0 Å². The zero-order valence-corrected chi connectivity index (χ0v) is 23.1. The van der Waals surface area contributed by atoms with E-state index >= 15 is 0 Å². The van der Waals surface area contributed by atoms with Crippen LogP contribution in [0.25, 0.3) is 0 Å². The number of benzene rings is 2. The van der Waals surface area contributed by atoms with Crippen molar-refractivity contribution in [1.82, 2.24) is 4.90 Å². The van der Waals surface area contributed by atoms with E-state index < -0.39 is 15.9 Å². The largest absolute Gasteiger partial charge is 0.493 e. The number of thiophene rings is 1. The van der Waals surface area contributed by atoms with Gasteiger partial charge in [0.25, 0.3) is 21.8 Å². The molecule has 0 saturated heterocycles. The number of carbonyl (C=O) groups excluding carboxylic acids is 2. The molecular formula is C25H26ClN3O6S2. The highest BCUT2D eigenvalue weighted by molar-refractivity contribution is 7.93. The second-order valence-corrected chi connectivity index (χ2v) is 11.8. The Kier molecular flexibility index (Phi) is 7.67. The maximum absolute atomic E-state index is 13.6. The SMILES string of the molecule is CCOc1ccc(N(C)S(=O)(=O)c2cc(Cl)sc2C(=O)Nc2ccc3c(c2)C(=O)N(CC)C3)cc1OC. The Morgan fingerprint density at radius 2 is 1.92 bits per heavy atom. The molecule has 1 aromatic heterocycles. The predicted octanol–water partition coefficient (Wildman–Crippen LogP) is 4.86. The summed E-state index contributed by atoms with van der Waals surface area (Å²) in [6, 6.07) is 11.1. The van der Waals surface area contributed by atoms with Crippen molar-refractivity contribution >= 4 is 56.2 Å². The lowest BCUT2D eigenvalue weighted by atomic mass is 10.1. The third-order valence-corrected chi connectivity index (χ3v) is 9.15. The Morgan fingerprint density at radius 1 is 1.16 bits per heavy atom. The van der Waals surface area contributed by atoms with Gasteiger partial charge in [-0.2, -0.15) is 0 Å². The Morgan fingerprint density at radius 3 is 2.59 bits per heavy atom. The first-order valence-corrected chi connectivity index (χ1v) is 14.1.